The maximum atomic E-state index is 12.8. The van der Waals surface area contributed by atoms with Crippen molar-refractivity contribution in [1.82, 2.24) is 0 Å². The molecule has 0 aromatic heterocycles. The van der Waals surface area contributed by atoms with E-state index >= 15 is 0 Å². The molecule has 70 valence electrons. The quantitative estimate of drug-likeness (QED) is 0.820. The number of carbonyl (C=O) groups excluding carboxylic acids is 1. The monoisotopic (exact) mass is 265 g/mol. The smallest absolute Gasteiger partial charge is 0.239 e. The first-order valence-corrected chi connectivity index (χ1v) is 4.76. The van der Waals surface area contributed by atoms with E-state index in [1.807, 2.05) is 0 Å². The van der Waals surface area contributed by atoms with Crippen LogP contribution < -0.4 is 5.32 Å². The average Bonchev–Trinajstić information content (AvgIpc) is 2.02. The standard InChI is InChI=1S/C8H6BrClFNO/c9-5-1-6(11)3-7(2-5)12-8(13)4-10/h1-3H,4H2,(H,12,13). The number of anilines is 1. The normalized spacial score (nSPS) is 9.77. The van der Waals surface area contributed by atoms with Crippen LogP contribution in [0, 0.1) is 5.82 Å². The van der Waals surface area contributed by atoms with Crippen molar-refractivity contribution in [3.05, 3.63) is 28.5 Å². The molecule has 1 rings (SSSR count). The van der Waals surface area contributed by atoms with Gasteiger partial charge in [-0.1, -0.05) is 15.9 Å². The lowest BCUT2D eigenvalue weighted by Crippen LogP contribution is -2.12. The summed E-state index contributed by atoms with van der Waals surface area (Å²) in [5.74, 6) is -0.924. The van der Waals surface area contributed by atoms with E-state index in [4.69, 9.17) is 11.6 Å². The maximum absolute atomic E-state index is 12.8. The molecule has 1 N–H and O–H groups in total. The van der Waals surface area contributed by atoms with Crippen LogP contribution in [0.5, 0.6) is 0 Å². The van der Waals surface area contributed by atoms with E-state index in [0.29, 0.717) is 10.2 Å². The van der Waals surface area contributed by atoms with Gasteiger partial charge in [0.25, 0.3) is 0 Å². The largest absolute Gasteiger partial charge is 0.325 e. The second-order valence-corrected chi connectivity index (χ2v) is 3.52. The molecular formula is C8H6BrClFNO. The fourth-order valence-electron chi connectivity index (χ4n) is 0.820. The van der Waals surface area contributed by atoms with Crippen molar-refractivity contribution in [2.24, 2.45) is 0 Å². The van der Waals surface area contributed by atoms with E-state index in [1.165, 1.54) is 12.1 Å². The fourth-order valence-corrected chi connectivity index (χ4v) is 1.35. The van der Waals surface area contributed by atoms with Crippen LogP contribution >= 0.6 is 27.5 Å². The van der Waals surface area contributed by atoms with E-state index in [2.05, 4.69) is 21.2 Å². The van der Waals surface area contributed by atoms with Gasteiger partial charge in [-0.25, -0.2) is 4.39 Å². The van der Waals surface area contributed by atoms with Crippen molar-refractivity contribution >= 4 is 39.1 Å². The number of nitrogens with one attached hydrogen (secondary N) is 1. The number of halogens is 3. The number of alkyl halides is 1. The van der Waals surface area contributed by atoms with Crippen molar-refractivity contribution in [2.45, 2.75) is 0 Å². The second kappa shape index (κ2) is 4.58. The number of amides is 1. The molecule has 0 heterocycles. The summed E-state index contributed by atoms with van der Waals surface area (Å²) >= 11 is 8.36. The molecule has 0 aliphatic heterocycles. The van der Waals surface area contributed by atoms with Crippen LogP contribution in [0.3, 0.4) is 0 Å². The summed E-state index contributed by atoms with van der Waals surface area (Å²) in [4.78, 5) is 10.8. The molecule has 0 spiro atoms. The number of hydrogen-bond donors (Lipinski definition) is 1. The summed E-state index contributed by atoms with van der Waals surface area (Å²) in [5.41, 5.74) is 0.387. The average molecular weight is 266 g/mol. The third kappa shape index (κ3) is 3.32. The predicted octanol–water partition coefficient (Wildman–Crippen LogP) is 2.77. The molecule has 13 heavy (non-hydrogen) atoms. The van der Waals surface area contributed by atoms with Crippen LogP contribution in [0.25, 0.3) is 0 Å². The Hall–Kier alpha value is -0.610. The number of benzene rings is 1. The Labute approximate surface area is 88.2 Å². The Morgan fingerprint density at radius 3 is 2.77 bits per heavy atom. The summed E-state index contributed by atoms with van der Waals surface area (Å²) in [7, 11) is 0. The van der Waals surface area contributed by atoms with E-state index in [0.717, 1.165) is 0 Å². The molecule has 0 bridgehead atoms. The molecular weight excluding hydrogens is 260 g/mol. The first-order valence-electron chi connectivity index (χ1n) is 3.43. The summed E-state index contributed by atoms with van der Waals surface area (Å²) in [6, 6.07) is 4.11. The van der Waals surface area contributed by atoms with Crippen molar-refractivity contribution in [3.63, 3.8) is 0 Å². The van der Waals surface area contributed by atoms with E-state index in [1.54, 1.807) is 6.07 Å². The van der Waals surface area contributed by atoms with Gasteiger partial charge in [-0.05, 0) is 18.2 Å². The zero-order valence-electron chi connectivity index (χ0n) is 6.48. The van der Waals surface area contributed by atoms with Crippen molar-refractivity contribution in [2.75, 3.05) is 11.2 Å². The van der Waals surface area contributed by atoms with Crippen LogP contribution in [0.15, 0.2) is 22.7 Å². The fraction of sp³-hybridized carbons (Fsp3) is 0.125. The third-order valence-electron chi connectivity index (χ3n) is 1.27. The zero-order chi connectivity index (χ0) is 9.84. The molecule has 1 amide bonds. The van der Waals surface area contributed by atoms with Crippen molar-refractivity contribution in [3.8, 4) is 0 Å². The molecule has 0 atom stereocenters. The molecule has 0 radical (unpaired) electrons. The number of hydrogen-bond acceptors (Lipinski definition) is 1. The lowest BCUT2D eigenvalue weighted by molar-refractivity contribution is -0.113. The molecule has 1 aromatic rings. The van der Waals surface area contributed by atoms with Crippen LogP contribution in [-0.4, -0.2) is 11.8 Å². The highest BCUT2D eigenvalue weighted by atomic mass is 79.9. The first-order chi connectivity index (χ1) is 6.11. The van der Waals surface area contributed by atoms with Gasteiger partial charge in [0.2, 0.25) is 5.91 Å². The summed E-state index contributed by atoms with van der Waals surface area (Å²) in [6.07, 6.45) is 0. The van der Waals surface area contributed by atoms with Crippen LogP contribution in [-0.2, 0) is 4.79 Å². The minimum Gasteiger partial charge on any atom is -0.325 e. The molecule has 0 fully saturated rings. The van der Waals surface area contributed by atoms with Gasteiger partial charge in [-0.3, -0.25) is 4.79 Å². The second-order valence-electron chi connectivity index (χ2n) is 2.34. The molecule has 1 aromatic carbocycles. The minimum atomic E-state index is -0.417. The Morgan fingerprint density at radius 1 is 1.54 bits per heavy atom. The van der Waals surface area contributed by atoms with Gasteiger partial charge in [0, 0.05) is 10.2 Å². The minimum absolute atomic E-state index is 0.145. The highest BCUT2D eigenvalue weighted by Crippen LogP contribution is 2.18. The maximum Gasteiger partial charge on any atom is 0.239 e. The summed E-state index contributed by atoms with van der Waals surface area (Å²) in [6.45, 7) is 0. The first kappa shape index (κ1) is 10.5. The topological polar surface area (TPSA) is 29.1 Å². The molecule has 2 nitrogen and oxygen atoms in total. The number of carbonyl (C=O) groups is 1. The number of rotatable bonds is 2. The van der Waals surface area contributed by atoms with Gasteiger partial charge in [0.05, 0.1) is 0 Å². The Balaban J connectivity index is 2.83. The van der Waals surface area contributed by atoms with Gasteiger partial charge in [0.15, 0.2) is 0 Å². The molecule has 0 aliphatic rings. The van der Waals surface area contributed by atoms with Crippen LogP contribution in [0.1, 0.15) is 0 Å². The third-order valence-corrected chi connectivity index (χ3v) is 1.97. The van der Waals surface area contributed by atoms with E-state index in [9.17, 15) is 9.18 Å². The highest BCUT2D eigenvalue weighted by molar-refractivity contribution is 9.10. The van der Waals surface area contributed by atoms with E-state index < -0.39 is 5.82 Å². The van der Waals surface area contributed by atoms with Gasteiger partial charge in [0.1, 0.15) is 11.7 Å². The summed E-state index contributed by atoms with van der Waals surface area (Å²) < 4.78 is 13.3. The van der Waals surface area contributed by atoms with Gasteiger partial charge in [-0.15, -0.1) is 11.6 Å². The molecule has 5 heteroatoms. The summed E-state index contributed by atoms with van der Waals surface area (Å²) in [5, 5.41) is 2.43. The Morgan fingerprint density at radius 2 is 2.23 bits per heavy atom. The van der Waals surface area contributed by atoms with Gasteiger partial charge >= 0.3 is 0 Å². The van der Waals surface area contributed by atoms with E-state index in [-0.39, 0.29) is 11.8 Å². The Bertz CT molecular complexity index is 312. The highest BCUT2D eigenvalue weighted by Gasteiger charge is 2.02. The predicted molar refractivity (Wildman–Crippen MR) is 53.4 cm³/mol. The van der Waals surface area contributed by atoms with Crippen LogP contribution in [0.2, 0.25) is 0 Å². The molecule has 0 aliphatic carbocycles. The SMILES string of the molecule is O=C(CCl)Nc1cc(F)cc(Br)c1. The molecule has 0 unspecified atom stereocenters. The lowest BCUT2D eigenvalue weighted by Gasteiger charge is -2.03. The Kier molecular flexibility index (Phi) is 3.69. The van der Waals surface area contributed by atoms with Crippen molar-refractivity contribution in [1.29, 1.82) is 0 Å². The van der Waals surface area contributed by atoms with Gasteiger partial charge < -0.3 is 5.32 Å². The van der Waals surface area contributed by atoms with Crippen LogP contribution in [0.4, 0.5) is 10.1 Å². The lowest BCUT2D eigenvalue weighted by atomic mass is 10.3. The molecule has 0 saturated carbocycles. The van der Waals surface area contributed by atoms with Crippen molar-refractivity contribution < 1.29 is 9.18 Å². The zero-order valence-corrected chi connectivity index (χ0v) is 8.82. The molecule has 0 saturated heterocycles. The van der Waals surface area contributed by atoms with Gasteiger partial charge in [-0.2, -0.15) is 0 Å².